The van der Waals surface area contributed by atoms with Gasteiger partial charge in [0.05, 0.1) is 12.6 Å². The topological polar surface area (TPSA) is 109 Å². The summed E-state index contributed by atoms with van der Waals surface area (Å²) < 4.78 is 7.75. The van der Waals surface area contributed by atoms with E-state index in [0.717, 1.165) is 55.2 Å². The second-order valence-electron chi connectivity index (χ2n) is 8.43. The number of nitrogen functional groups attached to an aromatic ring is 1. The van der Waals surface area contributed by atoms with E-state index in [1.54, 1.807) is 4.68 Å². The highest BCUT2D eigenvalue weighted by Crippen LogP contribution is 2.36. The first-order chi connectivity index (χ1) is 14.6. The van der Waals surface area contributed by atoms with E-state index in [4.69, 9.17) is 21.3 Å². The standard InChI is InChI=1S/C23H27N5O2/c24-22-20(23(25)29)21(27-28(22)17-4-1-2-5-17)15-8-9-16-13-26-19(11-10-14(16)12-15)30-18-6-3-7-18/h8-12,17-18H,1-7,13,24H2,(H2,25,29). The number of rotatable bonds is 4. The van der Waals surface area contributed by atoms with Crippen molar-refractivity contribution < 1.29 is 9.53 Å². The van der Waals surface area contributed by atoms with E-state index in [0.29, 0.717) is 35.6 Å². The van der Waals surface area contributed by atoms with Crippen LogP contribution < -0.4 is 11.5 Å². The van der Waals surface area contributed by atoms with Crippen molar-refractivity contribution in [1.29, 1.82) is 0 Å². The van der Waals surface area contributed by atoms with Gasteiger partial charge < -0.3 is 16.2 Å². The van der Waals surface area contributed by atoms with Crippen LogP contribution >= 0.6 is 0 Å². The molecule has 2 heterocycles. The fraction of sp³-hybridized carbons (Fsp3) is 0.435. The lowest BCUT2D eigenvalue weighted by atomic mass is 9.96. The summed E-state index contributed by atoms with van der Waals surface area (Å²) in [4.78, 5) is 16.8. The van der Waals surface area contributed by atoms with Gasteiger partial charge in [0.15, 0.2) is 0 Å². The SMILES string of the molecule is NC(=O)c1c(-c2ccc3c(c2)C=CC(OC2CCC2)=NC3)nn(C2CCCC2)c1N. The molecule has 156 valence electrons. The zero-order valence-corrected chi connectivity index (χ0v) is 17.0. The van der Waals surface area contributed by atoms with Crippen LogP contribution in [0.25, 0.3) is 17.3 Å². The molecule has 0 saturated heterocycles. The average Bonchev–Trinajstić information content (AvgIpc) is 3.29. The zero-order valence-electron chi connectivity index (χ0n) is 17.0. The molecule has 0 spiro atoms. The number of fused-ring (bicyclic) bond motifs is 1. The minimum absolute atomic E-state index is 0.234. The molecule has 1 aliphatic heterocycles. The highest BCUT2D eigenvalue weighted by molar-refractivity contribution is 6.03. The molecule has 1 aromatic carbocycles. The Kier molecular flexibility index (Phi) is 4.81. The predicted molar refractivity (Wildman–Crippen MR) is 117 cm³/mol. The molecule has 2 fully saturated rings. The fourth-order valence-electron chi connectivity index (χ4n) is 4.47. The summed E-state index contributed by atoms with van der Waals surface area (Å²) in [5.74, 6) is 0.510. The molecule has 1 amide bonds. The number of carbonyl (C=O) groups is 1. The summed E-state index contributed by atoms with van der Waals surface area (Å²) in [6, 6.07) is 6.26. The first-order valence-corrected chi connectivity index (χ1v) is 10.8. The Morgan fingerprint density at radius 3 is 2.60 bits per heavy atom. The normalized spacial score (nSPS) is 19.1. The molecule has 3 aliphatic rings. The van der Waals surface area contributed by atoms with Gasteiger partial charge in [-0.1, -0.05) is 25.0 Å². The van der Waals surface area contributed by atoms with Gasteiger partial charge in [0.25, 0.3) is 5.91 Å². The Balaban J connectivity index is 1.48. The minimum Gasteiger partial charge on any atom is -0.475 e. The van der Waals surface area contributed by atoms with Gasteiger partial charge in [0.1, 0.15) is 23.2 Å². The lowest BCUT2D eigenvalue weighted by molar-refractivity contribution is 0.100. The molecule has 0 bridgehead atoms. The van der Waals surface area contributed by atoms with Crippen LogP contribution in [0.1, 0.15) is 72.5 Å². The maximum absolute atomic E-state index is 12.2. The van der Waals surface area contributed by atoms with Crippen LogP contribution in [-0.4, -0.2) is 27.7 Å². The molecule has 0 unspecified atom stereocenters. The van der Waals surface area contributed by atoms with Crippen molar-refractivity contribution in [2.75, 3.05) is 5.73 Å². The van der Waals surface area contributed by atoms with Crippen LogP contribution in [0.5, 0.6) is 0 Å². The van der Waals surface area contributed by atoms with Crippen LogP contribution in [0.15, 0.2) is 29.3 Å². The van der Waals surface area contributed by atoms with Gasteiger partial charge in [-0.25, -0.2) is 9.67 Å². The van der Waals surface area contributed by atoms with Crippen molar-refractivity contribution in [3.05, 3.63) is 41.0 Å². The average molecular weight is 406 g/mol. The predicted octanol–water partition coefficient (Wildman–Crippen LogP) is 3.84. The lowest BCUT2D eigenvalue weighted by Crippen LogP contribution is -2.24. The van der Waals surface area contributed by atoms with E-state index in [-0.39, 0.29) is 6.04 Å². The van der Waals surface area contributed by atoms with Crippen molar-refractivity contribution >= 4 is 23.7 Å². The molecule has 5 rings (SSSR count). The molecule has 0 atom stereocenters. The number of primary amides is 1. The quantitative estimate of drug-likeness (QED) is 0.805. The molecule has 4 N–H and O–H groups in total. The number of benzene rings is 1. The molecular weight excluding hydrogens is 378 g/mol. The number of aliphatic imine (C=N–C) groups is 1. The third-order valence-corrected chi connectivity index (χ3v) is 6.43. The minimum atomic E-state index is -0.545. The van der Waals surface area contributed by atoms with Gasteiger partial charge in [-0.05, 0) is 55.4 Å². The second-order valence-corrected chi connectivity index (χ2v) is 8.43. The van der Waals surface area contributed by atoms with Gasteiger partial charge >= 0.3 is 0 Å². The maximum Gasteiger partial charge on any atom is 0.254 e. The van der Waals surface area contributed by atoms with E-state index in [2.05, 4.69) is 4.99 Å². The molecule has 2 aliphatic carbocycles. The Hall–Kier alpha value is -3.09. The number of hydrogen-bond acceptors (Lipinski definition) is 5. The summed E-state index contributed by atoms with van der Waals surface area (Å²) in [5, 5.41) is 4.74. The van der Waals surface area contributed by atoms with E-state index in [1.807, 2.05) is 30.4 Å². The Labute approximate surface area is 175 Å². The number of amides is 1. The summed E-state index contributed by atoms with van der Waals surface area (Å²) in [6.07, 6.45) is 12.0. The van der Waals surface area contributed by atoms with Gasteiger partial charge in [-0.2, -0.15) is 5.10 Å². The van der Waals surface area contributed by atoms with Crippen LogP contribution in [0.2, 0.25) is 0 Å². The number of hydrogen-bond donors (Lipinski definition) is 2. The number of aromatic nitrogens is 2. The Bertz CT molecular complexity index is 1040. The molecular formula is C23H27N5O2. The first kappa shape index (κ1) is 18.9. The van der Waals surface area contributed by atoms with Crippen LogP contribution in [0, 0.1) is 0 Å². The zero-order chi connectivity index (χ0) is 20.7. The van der Waals surface area contributed by atoms with Crippen molar-refractivity contribution in [2.24, 2.45) is 10.7 Å². The van der Waals surface area contributed by atoms with Crippen LogP contribution in [0.3, 0.4) is 0 Å². The maximum atomic E-state index is 12.2. The first-order valence-electron chi connectivity index (χ1n) is 10.8. The smallest absolute Gasteiger partial charge is 0.254 e. The van der Waals surface area contributed by atoms with Crippen LogP contribution in [0.4, 0.5) is 5.82 Å². The lowest BCUT2D eigenvalue weighted by Gasteiger charge is -2.25. The van der Waals surface area contributed by atoms with Gasteiger partial charge in [-0.15, -0.1) is 0 Å². The number of anilines is 1. The molecule has 0 radical (unpaired) electrons. The largest absolute Gasteiger partial charge is 0.475 e. The summed E-state index contributed by atoms with van der Waals surface area (Å²) in [6.45, 7) is 0.562. The van der Waals surface area contributed by atoms with Crippen molar-refractivity contribution in [1.82, 2.24) is 9.78 Å². The molecule has 1 aromatic heterocycles. The third-order valence-electron chi connectivity index (χ3n) is 6.43. The van der Waals surface area contributed by atoms with Crippen molar-refractivity contribution in [3.63, 3.8) is 0 Å². The van der Waals surface area contributed by atoms with Crippen LogP contribution in [-0.2, 0) is 11.3 Å². The molecule has 7 heteroatoms. The summed E-state index contributed by atoms with van der Waals surface area (Å²) in [7, 11) is 0. The second kappa shape index (κ2) is 7.63. The van der Waals surface area contributed by atoms with Gasteiger partial charge in [0, 0.05) is 11.6 Å². The van der Waals surface area contributed by atoms with Crippen molar-refractivity contribution in [2.45, 2.75) is 63.6 Å². The molecule has 2 saturated carbocycles. The van der Waals surface area contributed by atoms with E-state index < -0.39 is 5.91 Å². The number of nitrogens with zero attached hydrogens (tertiary/aromatic N) is 3. The van der Waals surface area contributed by atoms with Gasteiger partial charge in [0.2, 0.25) is 5.90 Å². The number of nitrogens with two attached hydrogens (primary N) is 2. The number of ether oxygens (including phenoxy) is 1. The monoisotopic (exact) mass is 405 g/mol. The highest BCUT2D eigenvalue weighted by Gasteiger charge is 2.27. The van der Waals surface area contributed by atoms with E-state index in [1.165, 1.54) is 6.42 Å². The Morgan fingerprint density at radius 2 is 1.90 bits per heavy atom. The highest BCUT2D eigenvalue weighted by atomic mass is 16.5. The number of carbonyl (C=O) groups excluding carboxylic acids is 1. The van der Waals surface area contributed by atoms with E-state index >= 15 is 0 Å². The van der Waals surface area contributed by atoms with Crippen molar-refractivity contribution in [3.8, 4) is 11.3 Å². The molecule has 30 heavy (non-hydrogen) atoms. The van der Waals surface area contributed by atoms with Gasteiger partial charge in [-0.3, -0.25) is 4.79 Å². The molecule has 2 aromatic rings. The molecule has 7 nitrogen and oxygen atoms in total. The fourth-order valence-corrected chi connectivity index (χ4v) is 4.47. The summed E-state index contributed by atoms with van der Waals surface area (Å²) in [5.41, 5.74) is 15.8. The summed E-state index contributed by atoms with van der Waals surface area (Å²) >= 11 is 0. The third kappa shape index (κ3) is 3.38. The van der Waals surface area contributed by atoms with E-state index in [9.17, 15) is 4.79 Å². The Morgan fingerprint density at radius 1 is 1.10 bits per heavy atom.